The number of ether oxygens (including phenoxy) is 2. The molecule has 4 aromatic rings. The van der Waals surface area contributed by atoms with E-state index >= 15 is 0 Å². The molecule has 0 aliphatic carbocycles. The van der Waals surface area contributed by atoms with Gasteiger partial charge in [-0.3, -0.25) is 0 Å². The van der Waals surface area contributed by atoms with Crippen LogP contribution < -0.4 is 15.2 Å². The van der Waals surface area contributed by atoms with Crippen molar-refractivity contribution in [1.82, 2.24) is 0 Å². The van der Waals surface area contributed by atoms with Crippen molar-refractivity contribution in [1.29, 1.82) is 0 Å². The summed E-state index contributed by atoms with van der Waals surface area (Å²) in [4.78, 5) is 0. The van der Waals surface area contributed by atoms with Crippen LogP contribution >= 0.6 is 0 Å². The highest BCUT2D eigenvalue weighted by Gasteiger charge is 2.12. The lowest BCUT2D eigenvalue weighted by Gasteiger charge is -2.14. The fraction of sp³-hybridized carbons (Fsp3) is 0.0833. The van der Waals surface area contributed by atoms with Crippen LogP contribution in [0.15, 0.2) is 78.9 Å². The highest BCUT2D eigenvalue weighted by Crippen LogP contribution is 2.39. The Morgan fingerprint density at radius 1 is 0.593 bits per heavy atom. The van der Waals surface area contributed by atoms with Crippen molar-refractivity contribution in [3.63, 3.8) is 0 Å². The van der Waals surface area contributed by atoms with E-state index in [1.165, 1.54) is 11.1 Å². The van der Waals surface area contributed by atoms with Crippen LogP contribution in [-0.4, -0.2) is 14.2 Å². The van der Waals surface area contributed by atoms with Crippen molar-refractivity contribution in [3.05, 3.63) is 78.9 Å². The lowest BCUT2D eigenvalue weighted by Crippen LogP contribution is -1.94. The van der Waals surface area contributed by atoms with Gasteiger partial charge in [-0.15, -0.1) is 0 Å². The first-order valence-corrected chi connectivity index (χ1v) is 8.81. The van der Waals surface area contributed by atoms with Crippen LogP contribution in [0.4, 0.5) is 5.69 Å². The molecule has 4 aromatic carbocycles. The largest absolute Gasteiger partial charge is 0.493 e. The lowest BCUT2D eigenvalue weighted by atomic mass is 9.95. The summed E-state index contributed by atoms with van der Waals surface area (Å²) in [5.41, 5.74) is 11.6. The standard InChI is InChI=1S/C24H21NO2/c1-26-23-14-20-19(12-13-22(25)21(20)15-24(23)27-2)18-10-8-17(9-11-18)16-6-4-3-5-7-16/h3-15H,25H2,1-2H3. The molecule has 0 amide bonds. The molecule has 0 bridgehead atoms. The molecular formula is C24H21NO2. The van der Waals surface area contributed by atoms with E-state index in [9.17, 15) is 0 Å². The zero-order valence-electron chi connectivity index (χ0n) is 15.4. The molecule has 0 radical (unpaired) electrons. The van der Waals surface area contributed by atoms with Gasteiger partial charge in [0.1, 0.15) is 0 Å². The van der Waals surface area contributed by atoms with E-state index in [2.05, 4.69) is 54.6 Å². The summed E-state index contributed by atoms with van der Waals surface area (Å²) in [7, 11) is 3.27. The van der Waals surface area contributed by atoms with Crippen LogP contribution in [0.1, 0.15) is 0 Å². The van der Waals surface area contributed by atoms with E-state index in [0.29, 0.717) is 11.5 Å². The number of fused-ring (bicyclic) bond motifs is 1. The zero-order valence-corrected chi connectivity index (χ0v) is 15.4. The topological polar surface area (TPSA) is 44.5 Å². The highest BCUT2D eigenvalue weighted by atomic mass is 16.5. The van der Waals surface area contributed by atoms with Gasteiger partial charge < -0.3 is 15.2 Å². The summed E-state index contributed by atoms with van der Waals surface area (Å²) in [6, 6.07) is 26.9. The van der Waals surface area contributed by atoms with Gasteiger partial charge in [-0.25, -0.2) is 0 Å². The first kappa shape index (κ1) is 17.0. The third-order valence-corrected chi connectivity index (χ3v) is 4.86. The van der Waals surface area contributed by atoms with Gasteiger partial charge in [-0.1, -0.05) is 60.7 Å². The van der Waals surface area contributed by atoms with Crippen LogP contribution in [0.25, 0.3) is 33.0 Å². The predicted molar refractivity (Wildman–Crippen MR) is 112 cm³/mol. The molecule has 0 fully saturated rings. The van der Waals surface area contributed by atoms with Gasteiger partial charge in [-0.05, 0) is 45.8 Å². The molecule has 0 aliphatic heterocycles. The zero-order chi connectivity index (χ0) is 18.8. The molecular weight excluding hydrogens is 334 g/mol. The number of nitrogen functional groups attached to an aromatic ring is 1. The van der Waals surface area contributed by atoms with Gasteiger partial charge >= 0.3 is 0 Å². The minimum atomic E-state index is 0.674. The fourth-order valence-electron chi connectivity index (χ4n) is 3.42. The van der Waals surface area contributed by atoms with Crippen molar-refractivity contribution in [2.75, 3.05) is 20.0 Å². The molecule has 0 unspecified atom stereocenters. The Balaban J connectivity index is 1.85. The van der Waals surface area contributed by atoms with Crippen molar-refractivity contribution < 1.29 is 9.47 Å². The number of rotatable bonds is 4. The lowest BCUT2D eigenvalue weighted by molar-refractivity contribution is 0.356. The minimum Gasteiger partial charge on any atom is -0.493 e. The van der Waals surface area contributed by atoms with Gasteiger partial charge in [-0.2, -0.15) is 0 Å². The smallest absolute Gasteiger partial charge is 0.161 e. The molecule has 0 heterocycles. The Morgan fingerprint density at radius 2 is 1.15 bits per heavy atom. The van der Waals surface area contributed by atoms with Crippen LogP contribution in [-0.2, 0) is 0 Å². The minimum absolute atomic E-state index is 0.674. The second kappa shape index (κ2) is 7.04. The van der Waals surface area contributed by atoms with E-state index in [0.717, 1.165) is 27.6 Å². The summed E-state index contributed by atoms with van der Waals surface area (Å²) in [5.74, 6) is 1.37. The van der Waals surface area contributed by atoms with E-state index in [-0.39, 0.29) is 0 Å². The van der Waals surface area contributed by atoms with E-state index in [1.54, 1.807) is 14.2 Å². The third kappa shape index (κ3) is 3.08. The molecule has 0 atom stereocenters. The van der Waals surface area contributed by atoms with Gasteiger partial charge in [0.15, 0.2) is 11.5 Å². The molecule has 134 valence electrons. The number of methoxy groups -OCH3 is 2. The van der Waals surface area contributed by atoms with Gasteiger partial charge in [0, 0.05) is 11.1 Å². The molecule has 3 nitrogen and oxygen atoms in total. The summed E-state index contributed by atoms with van der Waals surface area (Å²) in [5, 5.41) is 2.00. The number of nitrogens with two attached hydrogens (primary N) is 1. The molecule has 4 rings (SSSR count). The van der Waals surface area contributed by atoms with Crippen molar-refractivity contribution in [2.45, 2.75) is 0 Å². The van der Waals surface area contributed by atoms with Crippen molar-refractivity contribution >= 4 is 16.5 Å². The molecule has 3 heteroatoms. The number of hydrogen-bond donors (Lipinski definition) is 1. The maximum Gasteiger partial charge on any atom is 0.161 e. The third-order valence-electron chi connectivity index (χ3n) is 4.86. The maximum absolute atomic E-state index is 6.22. The second-order valence-electron chi connectivity index (χ2n) is 6.40. The number of hydrogen-bond acceptors (Lipinski definition) is 3. The molecule has 2 N–H and O–H groups in total. The molecule has 0 aliphatic rings. The molecule has 0 aromatic heterocycles. The summed E-state index contributed by atoms with van der Waals surface area (Å²) < 4.78 is 10.9. The van der Waals surface area contributed by atoms with Crippen LogP contribution in [0.5, 0.6) is 11.5 Å². The van der Waals surface area contributed by atoms with Crippen LogP contribution in [0.2, 0.25) is 0 Å². The van der Waals surface area contributed by atoms with Crippen molar-refractivity contribution in [3.8, 4) is 33.8 Å². The average molecular weight is 355 g/mol. The Kier molecular flexibility index (Phi) is 4.43. The second-order valence-corrected chi connectivity index (χ2v) is 6.40. The Labute approximate surface area is 159 Å². The Bertz CT molecular complexity index is 1090. The van der Waals surface area contributed by atoms with E-state index < -0.39 is 0 Å². The Morgan fingerprint density at radius 3 is 1.78 bits per heavy atom. The summed E-state index contributed by atoms with van der Waals surface area (Å²) in [6.45, 7) is 0. The van der Waals surface area contributed by atoms with E-state index in [1.807, 2.05) is 24.3 Å². The molecule has 0 saturated heterocycles. The Hall–Kier alpha value is -3.46. The number of anilines is 1. The molecule has 0 spiro atoms. The van der Waals surface area contributed by atoms with Crippen molar-refractivity contribution in [2.24, 2.45) is 0 Å². The monoisotopic (exact) mass is 355 g/mol. The predicted octanol–water partition coefficient (Wildman–Crippen LogP) is 5.77. The van der Waals surface area contributed by atoms with Gasteiger partial charge in [0.25, 0.3) is 0 Å². The van der Waals surface area contributed by atoms with Gasteiger partial charge in [0.05, 0.1) is 14.2 Å². The first-order valence-electron chi connectivity index (χ1n) is 8.81. The average Bonchev–Trinajstić information content (AvgIpc) is 2.74. The first-order chi connectivity index (χ1) is 13.2. The maximum atomic E-state index is 6.22. The quantitative estimate of drug-likeness (QED) is 0.472. The molecule has 27 heavy (non-hydrogen) atoms. The fourth-order valence-corrected chi connectivity index (χ4v) is 3.42. The normalized spacial score (nSPS) is 10.7. The van der Waals surface area contributed by atoms with Crippen LogP contribution in [0, 0.1) is 0 Å². The van der Waals surface area contributed by atoms with E-state index in [4.69, 9.17) is 15.2 Å². The van der Waals surface area contributed by atoms with Gasteiger partial charge in [0.2, 0.25) is 0 Å². The number of benzene rings is 4. The SMILES string of the molecule is COc1cc2c(N)ccc(-c3ccc(-c4ccccc4)cc3)c2cc1OC. The highest BCUT2D eigenvalue weighted by molar-refractivity contribution is 6.04. The summed E-state index contributed by atoms with van der Waals surface area (Å²) in [6.07, 6.45) is 0. The van der Waals surface area contributed by atoms with Crippen LogP contribution in [0.3, 0.4) is 0 Å². The summed E-state index contributed by atoms with van der Waals surface area (Å²) >= 11 is 0. The molecule has 0 saturated carbocycles.